The third-order valence-electron chi connectivity index (χ3n) is 0.977. The van der Waals surface area contributed by atoms with Gasteiger partial charge in [0.2, 0.25) is 0 Å². The number of halogens is 1. The molecule has 0 radical (unpaired) electrons. The standard InChI is InChI=1S/C5H4BrNO3S.C4H11N/c6-10-11(8,9)5-3-1-2-4-7-5;1-4(2,3)5/h1-4H;5H2,1-3H3. The van der Waals surface area contributed by atoms with Crippen molar-refractivity contribution in [2.24, 2.45) is 5.73 Å². The molecule has 0 bridgehead atoms. The zero-order chi connectivity index (χ0) is 12.8. The fourth-order valence-electron chi connectivity index (χ4n) is 0.527. The molecule has 1 aromatic heterocycles. The molecule has 5 nitrogen and oxygen atoms in total. The van der Waals surface area contributed by atoms with Gasteiger partial charge in [-0.3, -0.25) is 0 Å². The number of nitrogens with zero attached hydrogens (tertiary/aromatic N) is 1. The van der Waals surface area contributed by atoms with Crippen molar-refractivity contribution in [2.75, 3.05) is 0 Å². The van der Waals surface area contributed by atoms with Crippen molar-refractivity contribution in [1.82, 2.24) is 4.98 Å². The normalized spacial score (nSPS) is 11.6. The summed E-state index contributed by atoms with van der Waals surface area (Å²) in [5.74, 6) is 0. The molecule has 0 aliphatic carbocycles. The molecule has 0 saturated heterocycles. The Morgan fingerprint density at radius 3 is 2.19 bits per heavy atom. The maximum absolute atomic E-state index is 10.9. The van der Waals surface area contributed by atoms with Crippen molar-refractivity contribution in [2.45, 2.75) is 31.3 Å². The summed E-state index contributed by atoms with van der Waals surface area (Å²) in [5, 5.41) is -0.114. The van der Waals surface area contributed by atoms with Crippen LogP contribution in [-0.2, 0) is 13.4 Å². The lowest BCUT2D eigenvalue weighted by atomic mass is 10.1. The molecule has 0 unspecified atom stereocenters. The molecule has 0 aliphatic rings. The lowest BCUT2D eigenvalue weighted by Crippen LogP contribution is -2.26. The third kappa shape index (κ3) is 7.75. The fourth-order valence-corrected chi connectivity index (χ4v) is 1.43. The summed E-state index contributed by atoms with van der Waals surface area (Å²) < 4.78 is 25.8. The van der Waals surface area contributed by atoms with Gasteiger partial charge in [-0.15, -0.1) is 0 Å². The van der Waals surface area contributed by atoms with Crippen LogP contribution in [-0.4, -0.2) is 18.9 Å². The number of rotatable bonds is 2. The van der Waals surface area contributed by atoms with E-state index in [9.17, 15) is 8.42 Å². The van der Waals surface area contributed by atoms with Crippen LogP contribution in [0.3, 0.4) is 0 Å². The van der Waals surface area contributed by atoms with E-state index < -0.39 is 10.1 Å². The summed E-state index contributed by atoms with van der Waals surface area (Å²) in [7, 11) is -3.69. The average molecular weight is 311 g/mol. The van der Waals surface area contributed by atoms with Crippen LogP contribution in [0.15, 0.2) is 29.4 Å². The number of nitrogens with two attached hydrogens (primary N) is 1. The average Bonchev–Trinajstić information content (AvgIpc) is 2.17. The molecule has 1 rings (SSSR count). The lowest BCUT2D eigenvalue weighted by Gasteiger charge is -2.06. The Morgan fingerprint density at radius 1 is 1.38 bits per heavy atom. The van der Waals surface area contributed by atoms with Gasteiger partial charge in [0.05, 0.1) is 0 Å². The van der Waals surface area contributed by atoms with Crippen LogP contribution in [0.4, 0.5) is 0 Å². The second-order valence-electron chi connectivity index (χ2n) is 4.05. The van der Waals surface area contributed by atoms with E-state index in [4.69, 9.17) is 5.73 Å². The summed E-state index contributed by atoms with van der Waals surface area (Å²) in [5.41, 5.74) is 5.35. The van der Waals surface area contributed by atoms with Crippen molar-refractivity contribution in [3.63, 3.8) is 0 Å². The van der Waals surface area contributed by atoms with Gasteiger partial charge >= 0.3 is 10.1 Å². The molecule has 0 aliphatic heterocycles. The Labute approximate surface area is 105 Å². The van der Waals surface area contributed by atoms with Gasteiger partial charge in [-0.1, -0.05) is 6.07 Å². The Hall–Kier alpha value is -0.500. The van der Waals surface area contributed by atoms with Crippen LogP contribution in [0.5, 0.6) is 0 Å². The van der Waals surface area contributed by atoms with E-state index in [2.05, 4.69) is 24.5 Å². The predicted octanol–water partition coefficient (Wildman–Crippen LogP) is 1.84. The fraction of sp³-hybridized carbons (Fsp3) is 0.444. The van der Waals surface area contributed by atoms with Crippen molar-refractivity contribution >= 4 is 26.4 Å². The summed E-state index contributed by atoms with van der Waals surface area (Å²) in [4.78, 5) is 3.58. The maximum Gasteiger partial charge on any atom is 0.325 e. The van der Waals surface area contributed by atoms with Gasteiger partial charge < -0.3 is 5.73 Å². The number of hydrogen-bond donors (Lipinski definition) is 1. The largest absolute Gasteiger partial charge is 0.326 e. The highest BCUT2D eigenvalue weighted by Gasteiger charge is 2.13. The first-order valence-corrected chi connectivity index (χ1v) is 6.47. The van der Waals surface area contributed by atoms with Gasteiger partial charge in [0.15, 0.2) is 5.03 Å². The Kier molecular flexibility index (Phi) is 6.09. The van der Waals surface area contributed by atoms with Crippen molar-refractivity contribution in [3.05, 3.63) is 24.4 Å². The molecular formula is C9H15BrN2O3S. The van der Waals surface area contributed by atoms with Gasteiger partial charge in [0, 0.05) is 11.7 Å². The molecule has 0 saturated carbocycles. The van der Waals surface area contributed by atoms with Crippen LogP contribution in [0.1, 0.15) is 20.8 Å². The second-order valence-corrected chi connectivity index (χ2v) is 6.30. The van der Waals surface area contributed by atoms with Crippen LogP contribution in [0, 0.1) is 0 Å². The smallest absolute Gasteiger partial charge is 0.325 e. The summed E-state index contributed by atoms with van der Waals surface area (Å²) >= 11 is 2.38. The molecule has 0 fully saturated rings. The van der Waals surface area contributed by atoms with Crippen molar-refractivity contribution < 1.29 is 11.7 Å². The molecule has 2 N–H and O–H groups in total. The van der Waals surface area contributed by atoms with Gasteiger partial charge in [0.1, 0.15) is 16.3 Å². The summed E-state index contributed by atoms with van der Waals surface area (Å²) in [6, 6.07) is 4.52. The SMILES string of the molecule is CC(C)(C)N.O=S(=O)(OBr)c1ccccn1. The molecule has 0 aromatic carbocycles. The molecule has 0 atom stereocenters. The first kappa shape index (κ1) is 15.5. The molecule has 16 heavy (non-hydrogen) atoms. The van der Waals surface area contributed by atoms with Crippen molar-refractivity contribution in [3.8, 4) is 0 Å². The maximum atomic E-state index is 10.9. The minimum atomic E-state index is -3.69. The Balaban J connectivity index is 0.000000385. The van der Waals surface area contributed by atoms with E-state index in [1.54, 1.807) is 12.1 Å². The van der Waals surface area contributed by atoms with Crippen LogP contribution < -0.4 is 5.73 Å². The number of pyridine rings is 1. The molecule has 1 heterocycles. The quantitative estimate of drug-likeness (QED) is 0.901. The lowest BCUT2D eigenvalue weighted by molar-refractivity contribution is 0.522. The van der Waals surface area contributed by atoms with E-state index in [-0.39, 0.29) is 10.6 Å². The van der Waals surface area contributed by atoms with Gasteiger partial charge in [-0.25, -0.2) is 4.98 Å². The molecule has 1 aromatic rings. The van der Waals surface area contributed by atoms with Gasteiger partial charge in [-0.2, -0.15) is 11.7 Å². The second kappa shape index (κ2) is 6.29. The number of aromatic nitrogens is 1. The minimum Gasteiger partial charge on any atom is -0.326 e. The van der Waals surface area contributed by atoms with Gasteiger partial charge in [-0.05, 0) is 32.9 Å². The Bertz CT molecular complexity index is 395. The predicted molar refractivity (Wildman–Crippen MR) is 65.4 cm³/mol. The molecule has 92 valence electrons. The van der Waals surface area contributed by atoms with Crippen LogP contribution in [0.25, 0.3) is 0 Å². The van der Waals surface area contributed by atoms with E-state index >= 15 is 0 Å². The van der Waals surface area contributed by atoms with Crippen molar-refractivity contribution in [1.29, 1.82) is 0 Å². The summed E-state index contributed by atoms with van der Waals surface area (Å²) in [6.07, 6.45) is 1.37. The topological polar surface area (TPSA) is 82.3 Å². The molecule has 7 heteroatoms. The van der Waals surface area contributed by atoms with E-state index in [1.165, 1.54) is 12.3 Å². The monoisotopic (exact) mass is 310 g/mol. The van der Waals surface area contributed by atoms with E-state index in [1.807, 2.05) is 20.8 Å². The summed E-state index contributed by atoms with van der Waals surface area (Å²) in [6.45, 7) is 5.90. The Morgan fingerprint density at radius 2 is 1.88 bits per heavy atom. The highest BCUT2D eigenvalue weighted by atomic mass is 79.9. The first-order chi connectivity index (χ1) is 7.17. The molecule has 0 spiro atoms. The van der Waals surface area contributed by atoms with Gasteiger partial charge in [0.25, 0.3) is 0 Å². The van der Waals surface area contributed by atoms with E-state index in [0.29, 0.717) is 0 Å². The van der Waals surface area contributed by atoms with E-state index in [0.717, 1.165) is 0 Å². The number of hydrogen-bond acceptors (Lipinski definition) is 5. The van der Waals surface area contributed by atoms with Crippen LogP contribution >= 0.6 is 16.3 Å². The third-order valence-corrected chi connectivity index (χ3v) is 2.94. The first-order valence-electron chi connectivity index (χ1n) is 4.42. The highest BCUT2D eigenvalue weighted by Crippen LogP contribution is 2.09. The zero-order valence-electron chi connectivity index (χ0n) is 9.34. The zero-order valence-corrected chi connectivity index (χ0v) is 11.7. The molecule has 0 amide bonds. The minimum absolute atomic E-state index is 0. The highest BCUT2D eigenvalue weighted by molar-refractivity contribution is 9.06. The molecular weight excluding hydrogens is 296 g/mol. The van der Waals surface area contributed by atoms with Crippen LogP contribution in [0.2, 0.25) is 0 Å².